The van der Waals surface area contributed by atoms with Crippen LogP contribution in [-0.2, 0) is 11.1 Å². The van der Waals surface area contributed by atoms with Gasteiger partial charge in [0.2, 0.25) is 0 Å². The summed E-state index contributed by atoms with van der Waals surface area (Å²) in [7, 11) is 0. The predicted octanol–water partition coefficient (Wildman–Crippen LogP) is 1.77. The quantitative estimate of drug-likeness (QED) is 0.756. The SMILES string of the molecule is CC(CCOc1cccc(O)c1)S(=O)O. The van der Waals surface area contributed by atoms with Crippen molar-refractivity contribution < 1.29 is 18.6 Å². The Morgan fingerprint density at radius 3 is 2.87 bits per heavy atom. The second kappa shape index (κ2) is 5.72. The molecule has 2 N–H and O–H groups in total. The Morgan fingerprint density at radius 1 is 1.53 bits per heavy atom. The van der Waals surface area contributed by atoms with Crippen LogP contribution in [0.4, 0.5) is 0 Å². The molecule has 0 aliphatic carbocycles. The molecular formula is C10H14O4S. The Bertz CT molecular complexity index is 340. The van der Waals surface area contributed by atoms with E-state index in [9.17, 15) is 4.21 Å². The number of phenols is 1. The molecule has 5 heteroatoms. The van der Waals surface area contributed by atoms with Gasteiger partial charge in [-0.3, -0.25) is 0 Å². The molecule has 0 aliphatic rings. The summed E-state index contributed by atoms with van der Waals surface area (Å²) in [5, 5.41) is 8.84. The highest BCUT2D eigenvalue weighted by Crippen LogP contribution is 2.17. The van der Waals surface area contributed by atoms with E-state index in [1.807, 2.05) is 0 Å². The molecule has 1 rings (SSSR count). The minimum absolute atomic E-state index is 0.145. The van der Waals surface area contributed by atoms with Gasteiger partial charge >= 0.3 is 0 Å². The summed E-state index contributed by atoms with van der Waals surface area (Å²) in [6.07, 6.45) is 0.499. The lowest BCUT2D eigenvalue weighted by atomic mass is 10.3. The maximum atomic E-state index is 10.6. The van der Waals surface area contributed by atoms with Crippen molar-refractivity contribution in [1.82, 2.24) is 0 Å². The van der Waals surface area contributed by atoms with Crippen molar-refractivity contribution in [3.8, 4) is 11.5 Å². The van der Waals surface area contributed by atoms with E-state index in [1.54, 1.807) is 25.1 Å². The molecule has 0 amide bonds. The van der Waals surface area contributed by atoms with Crippen molar-refractivity contribution in [1.29, 1.82) is 0 Å². The van der Waals surface area contributed by atoms with Crippen molar-refractivity contribution in [3.63, 3.8) is 0 Å². The summed E-state index contributed by atoms with van der Waals surface area (Å²) < 4.78 is 24.7. The molecule has 15 heavy (non-hydrogen) atoms. The summed E-state index contributed by atoms with van der Waals surface area (Å²) in [6.45, 7) is 2.04. The van der Waals surface area contributed by atoms with E-state index >= 15 is 0 Å². The average molecular weight is 230 g/mol. The molecule has 0 aliphatic heterocycles. The maximum absolute atomic E-state index is 10.6. The number of ether oxygens (including phenoxy) is 1. The van der Waals surface area contributed by atoms with Crippen LogP contribution in [0.5, 0.6) is 11.5 Å². The number of benzene rings is 1. The van der Waals surface area contributed by atoms with Gasteiger partial charge in [-0.15, -0.1) is 0 Å². The standard InChI is InChI=1S/C10H14O4S/c1-8(15(12)13)5-6-14-10-4-2-3-9(11)7-10/h2-4,7-8,11H,5-6H2,1H3,(H,12,13). The van der Waals surface area contributed by atoms with Gasteiger partial charge in [-0.25, -0.2) is 4.21 Å². The van der Waals surface area contributed by atoms with Gasteiger partial charge in [0.05, 0.1) is 11.9 Å². The number of rotatable bonds is 5. The Balaban J connectivity index is 2.35. The van der Waals surface area contributed by atoms with Gasteiger partial charge in [-0.1, -0.05) is 6.07 Å². The molecule has 2 unspecified atom stereocenters. The minimum atomic E-state index is -1.80. The van der Waals surface area contributed by atoms with E-state index in [2.05, 4.69) is 0 Å². The van der Waals surface area contributed by atoms with Crippen molar-refractivity contribution in [3.05, 3.63) is 24.3 Å². The lowest BCUT2D eigenvalue weighted by Crippen LogP contribution is -2.13. The molecule has 0 heterocycles. The molecule has 1 aromatic carbocycles. The molecule has 0 aromatic heterocycles. The molecule has 0 fully saturated rings. The van der Waals surface area contributed by atoms with Gasteiger partial charge in [0.25, 0.3) is 0 Å². The molecule has 0 bridgehead atoms. The monoisotopic (exact) mass is 230 g/mol. The van der Waals surface area contributed by atoms with Gasteiger partial charge in [0.15, 0.2) is 11.1 Å². The summed E-state index contributed by atoms with van der Waals surface area (Å²) >= 11 is -1.80. The highest BCUT2D eigenvalue weighted by Gasteiger charge is 2.07. The number of aromatic hydroxyl groups is 1. The van der Waals surface area contributed by atoms with Gasteiger partial charge in [-0.2, -0.15) is 0 Å². The Kier molecular flexibility index (Phi) is 4.58. The second-order valence-corrected chi connectivity index (χ2v) is 4.58. The van der Waals surface area contributed by atoms with Crippen LogP contribution >= 0.6 is 0 Å². The van der Waals surface area contributed by atoms with Gasteiger partial charge in [0, 0.05) is 6.07 Å². The molecule has 0 saturated heterocycles. The van der Waals surface area contributed by atoms with Crippen LogP contribution in [0.3, 0.4) is 0 Å². The first kappa shape index (κ1) is 12.0. The van der Waals surface area contributed by atoms with Crippen LogP contribution < -0.4 is 4.74 Å². The highest BCUT2D eigenvalue weighted by atomic mass is 32.2. The summed E-state index contributed by atoms with van der Waals surface area (Å²) in [5.41, 5.74) is 0. The van der Waals surface area contributed by atoms with Gasteiger partial charge < -0.3 is 14.4 Å². The molecule has 0 saturated carbocycles. The largest absolute Gasteiger partial charge is 0.508 e. The average Bonchev–Trinajstić information content (AvgIpc) is 2.17. The molecule has 84 valence electrons. The van der Waals surface area contributed by atoms with Crippen LogP contribution in [0.1, 0.15) is 13.3 Å². The third kappa shape index (κ3) is 4.31. The third-order valence-corrected chi connectivity index (χ3v) is 2.88. The molecule has 1 aromatic rings. The zero-order valence-corrected chi connectivity index (χ0v) is 9.24. The van der Waals surface area contributed by atoms with Crippen LogP contribution in [0.15, 0.2) is 24.3 Å². The molecule has 4 nitrogen and oxygen atoms in total. The zero-order chi connectivity index (χ0) is 11.3. The molecule has 0 radical (unpaired) electrons. The van der Waals surface area contributed by atoms with E-state index in [1.165, 1.54) is 6.07 Å². The smallest absolute Gasteiger partial charge is 0.155 e. The summed E-state index contributed by atoms with van der Waals surface area (Å²) in [6, 6.07) is 6.46. The maximum Gasteiger partial charge on any atom is 0.155 e. The lowest BCUT2D eigenvalue weighted by Gasteiger charge is -2.08. The fourth-order valence-electron chi connectivity index (χ4n) is 1.02. The second-order valence-electron chi connectivity index (χ2n) is 3.22. The summed E-state index contributed by atoms with van der Waals surface area (Å²) in [4.78, 5) is 0. The van der Waals surface area contributed by atoms with Crippen molar-refractivity contribution >= 4 is 11.1 Å². The van der Waals surface area contributed by atoms with E-state index < -0.39 is 11.1 Å². The number of phenolic OH excluding ortho intramolecular Hbond substituents is 1. The molecular weight excluding hydrogens is 216 g/mol. The fraction of sp³-hybridized carbons (Fsp3) is 0.400. The normalized spacial score (nSPS) is 14.5. The van der Waals surface area contributed by atoms with Gasteiger partial charge in [0.1, 0.15) is 11.5 Å². The van der Waals surface area contributed by atoms with Crippen LogP contribution in [0, 0.1) is 0 Å². The van der Waals surface area contributed by atoms with Crippen molar-refractivity contribution in [2.24, 2.45) is 0 Å². The van der Waals surface area contributed by atoms with Crippen LogP contribution in [0.25, 0.3) is 0 Å². The highest BCUT2D eigenvalue weighted by molar-refractivity contribution is 7.79. The molecule has 2 atom stereocenters. The van der Waals surface area contributed by atoms with E-state index in [-0.39, 0.29) is 11.0 Å². The van der Waals surface area contributed by atoms with Crippen LogP contribution in [-0.4, -0.2) is 25.7 Å². The van der Waals surface area contributed by atoms with E-state index in [4.69, 9.17) is 14.4 Å². The Labute approximate surface area is 91.2 Å². The number of hydrogen-bond acceptors (Lipinski definition) is 3. The number of hydrogen-bond donors (Lipinski definition) is 2. The first-order valence-electron chi connectivity index (χ1n) is 4.61. The third-order valence-electron chi connectivity index (χ3n) is 1.95. The van der Waals surface area contributed by atoms with Gasteiger partial charge in [-0.05, 0) is 25.5 Å². The van der Waals surface area contributed by atoms with E-state index in [0.717, 1.165) is 0 Å². The van der Waals surface area contributed by atoms with Crippen LogP contribution in [0.2, 0.25) is 0 Å². The zero-order valence-electron chi connectivity index (χ0n) is 8.42. The minimum Gasteiger partial charge on any atom is -0.508 e. The predicted molar refractivity (Wildman–Crippen MR) is 58.5 cm³/mol. The topological polar surface area (TPSA) is 66.8 Å². The first-order chi connectivity index (χ1) is 7.09. The lowest BCUT2D eigenvalue weighted by molar-refractivity contribution is 0.307. The fourth-order valence-corrected chi connectivity index (χ4v) is 1.31. The first-order valence-corrected chi connectivity index (χ1v) is 5.78. The van der Waals surface area contributed by atoms with Crippen molar-refractivity contribution in [2.45, 2.75) is 18.6 Å². The van der Waals surface area contributed by atoms with Crippen molar-refractivity contribution in [2.75, 3.05) is 6.61 Å². The Morgan fingerprint density at radius 2 is 2.27 bits per heavy atom. The molecule has 0 spiro atoms. The Hall–Kier alpha value is -1.07. The summed E-state index contributed by atoms with van der Waals surface area (Å²) in [5.74, 6) is 0.706. The van der Waals surface area contributed by atoms with E-state index in [0.29, 0.717) is 18.8 Å².